The summed E-state index contributed by atoms with van der Waals surface area (Å²) in [5, 5.41) is 11.5. The van der Waals surface area contributed by atoms with Gasteiger partial charge in [0.25, 0.3) is 5.79 Å². The Hall–Kier alpha value is -2.47. The number of aliphatic hydroxyl groups is 1. The molecule has 4 rings (SSSR count). The maximum atomic E-state index is 12.7. The van der Waals surface area contributed by atoms with Crippen LogP contribution in [-0.2, 0) is 24.8 Å². The van der Waals surface area contributed by atoms with Gasteiger partial charge in [-0.05, 0) is 43.0 Å². The average Bonchev–Trinajstić information content (AvgIpc) is 3.33. The summed E-state index contributed by atoms with van der Waals surface area (Å²) in [4.78, 5) is 12.7. The highest BCUT2D eigenvalue weighted by Gasteiger charge is 2.49. The molecule has 6 heteroatoms. The second-order valence-electron chi connectivity index (χ2n) is 7.57. The van der Waals surface area contributed by atoms with Gasteiger partial charge in [-0.2, -0.15) is 0 Å². The van der Waals surface area contributed by atoms with Crippen LogP contribution in [0.3, 0.4) is 0 Å². The van der Waals surface area contributed by atoms with Crippen molar-refractivity contribution in [2.75, 3.05) is 13.9 Å². The van der Waals surface area contributed by atoms with Crippen LogP contribution in [0.1, 0.15) is 50.5 Å². The van der Waals surface area contributed by atoms with Gasteiger partial charge in [0.2, 0.25) is 6.79 Å². The zero-order valence-electron chi connectivity index (χ0n) is 16.1. The number of carbonyl (C=O) groups is 1. The summed E-state index contributed by atoms with van der Waals surface area (Å²) in [5.41, 5.74) is 1.33. The van der Waals surface area contributed by atoms with E-state index in [0.29, 0.717) is 35.0 Å². The van der Waals surface area contributed by atoms with Crippen molar-refractivity contribution in [2.24, 2.45) is 5.92 Å². The third-order valence-electron chi connectivity index (χ3n) is 5.88. The summed E-state index contributed by atoms with van der Waals surface area (Å²) < 4.78 is 21.3. The summed E-state index contributed by atoms with van der Waals surface area (Å²) in [7, 11) is 1.58. The van der Waals surface area contributed by atoms with Crippen molar-refractivity contribution in [3.05, 3.63) is 53.0 Å². The Labute approximate surface area is 164 Å². The molecule has 28 heavy (non-hydrogen) atoms. The van der Waals surface area contributed by atoms with Crippen LogP contribution >= 0.6 is 0 Å². The van der Waals surface area contributed by atoms with E-state index in [2.05, 4.69) is 0 Å². The van der Waals surface area contributed by atoms with Gasteiger partial charge in [0.1, 0.15) is 17.6 Å². The number of rotatable bonds is 6. The number of benzene rings is 1. The van der Waals surface area contributed by atoms with Crippen molar-refractivity contribution in [2.45, 2.75) is 50.7 Å². The molecule has 1 atom stereocenters. The maximum Gasteiger partial charge on any atom is 0.345 e. The molecule has 1 aromatic rings. The molecule has 1 aromatic carbocycles. The molecule has 0 radical (unpaired) electrons. The van der Waals surface area contributed by atoms with E-state index >= 15 is 0 Å². The quantitative estimate of drug-likeness (QED) is 0.748. The lowest BCUT2D eigenvalue weighted by Crippen LogP contribution is -2.29. The topological polar surface area (TPSA) is 74.2 Å². The first-order valence-electron chi connectivity index (χ1n) is 9.90. The molecule has 0 amide bonds. The van der Waals surface area contributed by atoms with E-state index in [1.807, 2.05) is 0 Å². The summed E-state index contributed by atoms with van der Waals surface area (Å²) in [6.07, 6.45) is 9.06. The van der Waals surface area contributed by atoms with Gasteiger partial charge in [-0.15, -0.1) is 0 Å². The molecule has 2 aliphatic heterocycles. The SMILES string of the molecule is COc1ccc(C2(O)OC(=O)C(C3=COCO3)=C2CCC2CCCCC2)cc1. The molecule has 1 aliphatic carbocycles. The van der Waals surface area contributed by atoms with E-state index in [-0.39, 0.29) is 12.4 Å². The second-order valence-corrected chi connectivity index (χ2v) is 7.57. The first kappa shape index (κ1) is 18.9. The van der Waals surface area contributed by atoms with E-state index in [9.17, 15) is 9.90 Å². The Bertz CT molecular complexity index is 788. The Morgan fingerprint density at radius 1 is 1.18 bits per heavy atom. The number of hydrogen-bond acceptors (Lipinski definition) is 6. The number of cyclic esters (lactones) is 1. The van der Waals surface area contributed by atoms with Crippen LogP contribution in [0.4, 0.5) is 0 Å². The molecular weight excluding hydrogens is 360 g/mol. The molecule has 2 heterocycles. The molecule has 3 aliphatic rings. The standard InChI is InChI=1S/C22H26O6/c1-25-17-10-8-16(9-11-17)22(24)18(12-7-15-5-3-2-4-6-15)20(21(23)28-22)19-13-26-14-27-19/h8-11,13,15,24H,2-7,12,14H2,1H3. The highest BCUT2D eigenvalue weighted by Crippen LogP contribution is 2.45. The van der Waals surface area contributed by atoms with Gasteiger partial charge in [0.15, 0.2) is 5.76 Å². The van der Waals surface area contributed by atoms with Gasteiger partial charge in [-0.25, -0.2) is 4.79 Å². The van der Waals surface area contributed by atoms with Crippen molar-refractivity contribution in [1.82, 2.24) is 0 Å². The first-order chi connectivity index (χ1) is 13.6. The Balaban J connectivity index is 1.68. The third kappa shape index (κ3) is 3.49. The van der Waals surface area contributed by atoms with Crippen LogP contribution < -0.4 is 4.74 Å². The molecular formula is C22H26O6. The van der Waals surface area contributed by atoms with E-state index in [1.165, 1.54) is 38.4 Å². The first-order valence-corrected chi connectivity index (χ1v) is 9.90. The van der Waals surface area contributed by atoms with Crippen molar-refractivity contribution >= 4 is 5.97 Å². The van der Waals surface area contributed by atoms with Crippen LogP contribution in [0.2, 0.25) is 0 Å². The largest absolute Gasteiger partial charge is 0.497 e. The molecule has 0 saturated heterocycles. The van der Waals surface area contributed by atoms with Crippen LogP contribution in [-0.4, -0.2) is 25.0 Å². The zero-order valence-corrected chi connectivity index (χ0v) is 16.1. The van der Waals surface area contributed by atoms with Crippen molar-refractivity contribution in [3.8, 4) is 5.75 Å². The van der Waals surface area contributed by atoms with Crippen LogP contribution in [0.5, 0.6) is 5.75 Å². The molecule has 0 bridgehead atoms. The number of ether oxygens (including phenoxy) is 4. The lowest BCUT2D eigenvalue weighted by atomic mass is 9.82. The van der Waals surface area contributed by atoms with Crippen LogP contribution in [0, 0.1) is 5.92 Å². The molecule has 1 fully saturated rings. The number of esters is 1. The number of methoxy groups -OCH3 is 1. The van der Waals surface area contributed by atoms with Gasteiger partial charge < -0.3 is 24.1 Å². The summed E-state index contributed by atoms with van der Waals surface area (Å²) in [6.45, 7) is 0.0585. The summed E-state index contributed by atoms with van der Waals surface area (Å²) >= 11 is 0. The Kier molecular flexibility index (Phi) is 5.31. The summed E-state index contributed by atoms with van der Waals surface area (Å²) in [6, 6.07) is 6.92. The highest BCUT2D eigenvalue weighted by atomic mass is 16.7. The minimum Gasteiger partial charge on any atom is -0.497 e. The lowest BCUT2D eigenvalue weighted by molar-refractivity contribution is -0.186. The van der Waals surface area contributed by atoms with Gasteiger partial charge in [-0.1, -0.05) is 32.1 Å². The predicted octanol–water partition coefficient (Wildman–Crippen LogP) is 3.90. The van der Waals surface area contributed by atoms with Crippen molar-refractivity contribution in [3.63, 3.8) is 0 Å². The molecule has 150 valence electrons. The third-order valence-corrected chi connectivity index (χ3v) is 5.88. The monoisotopic (exact) mass is 386 g/mol. The molecule has 1 N–H and O–H groups in total. The normalized spacial score (nSPS) is 25.2. The zero-order chi connectivity index (χ0) is 19.6. The average molecular weight is 386 g/mol. The van der Waals surface area contributed by atoms with E-state index in [4.69, 9.17) is 18.9 Å². The molecule has 0 spiro atoms. The lowest BCUT2D eigenvalue weighted by Gasteiger charge is -2.27. The molecule has 1 saturated carbocycles. The van der Waals surface area contributed by atoms with Crippen LogP contribution in [0.15, 0.2) is 47.4 Å². The number of carbonyl (C=O) groups excluding carboxylic acids is 1. The van der Waals surface area contributed by atoms with Gasteiger partial charge in [0.05, 0.1) is 7.11 Å². The van der Waals surface area contributed by atoms with E-state index < -0.39 is 11.8 Å². The summed E-state index contributed by atoms with van der Waals surface area (Å²) in [5.74, 6) is -0.796. The fourth-order valence-electron chi connectivity index (χ4n) is 4.33. The Morgan fingerprint density at radius 2 is 1.93 bits per heavy atom. The highest BCUT2D eigenvalue weighted by molar-refractivity contribution is 5.97. The fourth-order valence-corrected chi connectivity index (χ4v) is 4.33. The predicted molar refractivity (Wildman–Crippen MR) is 101 cm³/mol. The van der Waals surface area contributed by atoms with Gasteiger partial charge in [-0.3, -0.25) is 0 Å². The second kappa shape index (κ2) is 7.87. The van der Waals surface area contributed by atoms with Crippen molar-refractivity contribution in [1.29, 1.82) is 0 Å². The van der Waals surface area contributed by atoms with Crippen molar-refractivity contribution < 1.29 is 28.8 Å². The van der Waals surface area contributed by atoms with Gasteiger partial charge in [0, 0.05) is 11.1 Å². The maximum absolute atomic E-state index is 12.7. The number of hydrogen-bond donors (Lipinski definition) is 1. The minimum absolute atomic E-state index is 0.0585. The van der Waals surface area contributed by atoms with Gasteiger partial charge >= 0.3 is 5.97 Å². The van der Waals surface area contributed by atoms with Crippen LogP contribution in [0.25, 0.3) is 0 Å². The minimum atomic E-state index is -1.81. The fraction of sp³-hybridized carbons (Fsp3) is 0.500. The molecule has 0 aromatic heterocycles. The van der Waals surface area contributed by atoms with E-state index in [0.717, 1.165) is 6.42 Å². The van der Waals surface area contributed by atoms with E-state index in [1.54, 1.807) is 31.4 Å². The molecule has 1 unspecified atom stereocenters. The Morgan fingerprint density at radius 3 is 2.57 bits per heavy atom. The smallest absolute Gasteiger partial charge is 0.345 e. The molecule has 6 nitrogen and oxygen atoms in total.